The Kier molecular flexibility index (Phi) is 3.64. The second kappa shape index (κ2) is 4.86. The topological polar surface area (TPSA) is 20.3 Å². The van der Waals surface area contributed by atoms with Crippen LogP contribution in [-0.2, 0) is 4.79 Å². The van der Waals surface area contributed by atoms with Crippen LogP contribution in [0, 0.1) is 5.92 Å². The predicted molar refractivity (Wildman–Crippen MR) is 57.4 cm³/mol. The molecule has 0 aromatic rings. The molecule has 2 nitrogen and oxygen atoms in total. The van der Waals surface area contributed by atoms with Crippen molar-refractivity contribution in [2.24, 2.45) is 5.92 Å². The van der Waals surface area contributed by atoms with Gasteiger partial charge in [-0.2, -0.15) is 13.2 Å². The molecular formula is C12H18F3NO. The summed E-state index contributed by atoms with van der Waals surface area (Å²) >= 11 is 0. The van der Waals surface area contributed by atoms with Crippen LogP contribution < -0.4 is 0 Å². The van der Waals surface area contributed by atoms with Gasteiger partial charge in [-0.3, -0.25) is 4.79 Å². The second-order valence-corrected chi connectivity index (χ2v) is 5.10. The molecule has 1 unspecified atom stereocenters. The maximum Gasteiger partial charge on any atom is 0.471 e. The largest absolute Gasteiger partial charge is 0.471 e. The molecule has 1 saturated carbocycles. The molecule has 2 aliphatic rings. The fourth-order valence-corrected chi connectivity index (χ4v) is 3.22. The first-order valence-corrected chi connectivity index (χ1v) is 6.38. The number of hydrogen-bond acceptors (Lipinski definition) is 1. The van der Waals surface area contributed by atoms with E-state index < -0.39 is 12.1 Å². The van der Waals surface area contributed by atoms with Crippen LogP contribution in [0.1, 0.15) is 44.9 Å². The molecule has 0 bridgehead atoms. The standard InChI is InChI=1S/C12H18F3NO/c13-12(14,15)11(17)16-8-4-7-10(16)9-5-2-1-3-6-9/h9-10H,1-8H2. The zero-order chi connectivity index (χ0) is 12.5. The molecule has 1 saturated heterocycles. The van der Waals surface area contributed by atoms with Gasteiger partial charge in [0.1, 0.15) is 0 Å². The van der Waals surface area contributed by atoms with Crippen LogP contribution in [0.3, 0.4) is 0 Å². The Morgan fingerprint density at radius 1 is 1.00 bits per heavy atom. The first-order valence-electron chi connectivity index (χ1n) is 6.38. The normalized spacial score (nSPS) is 27.5. The lowest BCUT2D eigenvalue weighted by Crippen LogP contribution is -2.46. The fraction of sp³-hybridized carbons (Fsp3) is 0.917. The summed E-state index contributed by atoms with van der Waals surface area (Å²) in [4.78, 5) is 12.4. The van der Waals surface area contributed by atoms with Crippen molar-refractivity contribution < 1.29 is 18.0 Å². The Morgan fingerprint density at radius 2 is 1.65 bits per heavy atom. The Hall–Kier alpha value is -0.740. The van der Waals surface area contributed by atoms with Gasteiger partial charge in [-0.05, 0) is 31.6 Å². The second-order valence-electron chi connectivity index (χ2n) is 5.10. The van der Waals surface area contributed by atoms with Crippen LogP contribution in [-0.4, -0.2) is 29.6 Å². The van der Waals surface area contributed by atoms with Crippen LogP contribution in [0.4, 0.5) is 13.2 Å². The minimum Gasteiger partial charge on any atom is -0.332 e. The van der Waals surface area contributed by atoms with E-state index >= 15 is 0 Å². The maximum atomic E-state index is 12.5. The highest BCUT2D eigenvalue weighted by atomic mass is 19.4. The molecule has 0 spiro atoms. The average Bonchev–Trinajstić information content (AvgIpc) is 2.76. The number of rotatable bonds is 1. The SMILES string of the molecule is O=C(N1CCCC1C1CCCCC1)C(F)(F)F. The lowest BCUT2D eigenvalue weighted by atomic mass is 9.83. The molecule has 0 aromatic heterocycles. The Morgan fingerprint density at radius 3 is 2.24 bits per heavy atom. The highest BCUT2D eigenvalue weighted by Gasteiger charge is 2.47. The minimum atomic E-state index is -4.71. The first kappa shape index (κ1) is 12.7. The molecule has 0 N–H and O–H groups in total. The number of alkyl halides is 3. The quantitative estimate of drug-likeness (QED) is 0.699. The van der Waals surface area contributed by atoms with Crippen molar-refractivity contribution in [3.05, 3.63) is 0 Å². The van der Waals surface area contributed by atoms with E-state index in [1.165, 1.54) is 6.42 Å². The summed E-state index contributed by atoms with van der Waals surface area (Å²) in [5.74, 6) is -1.34. The monoisotopic (exact) mass is 249 g/mol. The molecule has 0 aromatic carbocycles. The van der Waals surface area contributed by atoms with E-state index in [9.17, 15) is 18.0 Å². The molecule has 2 rings (SSSR count). The molecule has 1 aliphatic carbocycles. The van der Waals surface area contributed by atoms with Gasteiger partial charge in [0.2, 0.25) is 0 Å². The average molecular weight is 249 g/mol. The van der Waals surface area contributed by atoms with Crippen molar-refractivity contribution in [1.29, 1.82) is 0 Å². The van der Waals surface area contributed by atoms with Gasteiger partial charge in [0.25, 0.3) is 0 Å². The van der Waals surface area contributed by atoms with Crippen molar-refractivity contribution in [2.45, 2.75) is 57.2 Å². The van der Waals surface area contributed by atoms with Crippen LogP contribution in [0.5, 0.6) is 0 Å². The summed E-state index contributed by atoms with van der Waals surface area (Å²) in [6.07, 6.45) is 2.06. The van der Waals surface area contributed by atoms with E-state index in [1.807, 2.05) is 0 Å². The Balaban J connectivity index is 2.04. The molecule has 5 heteroatoms. The highest BCUT2D eigenvalue weighted by molar-refractivity contribution is 5.82. The summed E-state index contributed by atoms with van der Waals surface area (Å²) in [5.41, 5.74) is 0. The van der Waals surface area contributed by atoms with E-state index in [0.29, 0.717) is 6.42 Å². The number of likely N-dealkylation sites (tertiary alicyclic amines) is 1. The van der Waals surface area contributed by atoms with Gasteiger partial charge in [0.05, 0.1) is 0 Å². The number of carbonyl (C=O) groups is 1. The maximum absolute atomic E-state index is 12.5. The fourth-order valence-electron chi connectivity index (χ4n) is 3.22. The van der Waals surface area contributed by atoms with E-state index in [2.05, 4.69) is 0 Å². The summed E-state index contributed by atoms with van der Waals surface area (Å²) in [5, 5.41) is 0. The van der Waals surface area contributed by atoms with Crippen LogP contribution >= 0.6 is 0 Å². The number of carbonyl (C=O) groups excluding carboxylic acids is 1. The molecule has 2 fully saturated rings. The molecule has 1 atom stereocenters. The van der Waals surface area contributed by atoms with Crippen LogP contribution in [0.25, 0.3) is 0 Å². The molecule has 17 heavy (non-hydrogen) atoms. The lowest BCUT2D eigenvalue weighted by Gasteiger charge is -2.34. The zero-order valence-electron chi connectivity index (χ0n) is 9.80. The highest BCUT2D eigenvalue weighted by Crippen LogP contribution is 2.36. The van der Waals surface area contributed by atoms with Gasteiger partial charge in [-0.15, -0.1) is 0 Å². The number of hydrogen-bond donors (Lipinski definition) is 0. The van der Waals surface area contributed by atoms with Gasteiger partial charge < -0.3 is 4.90 Å². The van der Waals surface area contributed by atoms with Crippen molar-refractivity contribution in [1.82, 2.24) is 4.90 Å². The van der Waals surface area contributed by atoms with Crippen molar-refractivity contribution in [2.75, 3.05) is 6.54 Å². The van der Waals surface area contributed by atoms with Crippen molar-refractivity contribution in [3.63, 3.8) is 0 Å². The van der Waals surface area contributed by atoms with Gasteiger partial charge in [0, 0.05) is 12.6 Å². The predicted octanol–water partition coefficient (Wildman–Crippen LogP) is 3.12. The molecule has 1 aliphatic heterocycles. The number of halogens is 3. The van der Waals surface area contributed by atoms with E-state index in [0.717, 1.165) is 37.0 Å². The van der Waals surface area contributed by atoms with Crippen LogP contribution in [0.2, 0.25) is 0 Å². The third kappa shape index (κ3) is 2.75. The number of amides is 1. The van der Waals surface area contributed by atoms with Gasteiger partial charge in [-0.25, -0.2) is 0 Å². The molecule has 0 radical (unpaired) electrons. The van der Waals surface area contributed by atoms with Gasteiger partial charge in [-0.1, -0.05) is 19.3 Å². The van der Waals surface area contributed by atoms with Crippen molar-refractivity contribution >= 4 is 5.91 Å². The molecule has 98 valence electrons. The lowest BCUT2D eigenvalue weighted by molar-refractivity contribution is -0.187. The summed E-state index contributed by atoms with van der Waals surface area (Å²) in [7, 11) is 0. The van der Waals surface area contributed by atoms with Crippen molar-refractivity contribution in [3.8, 4) is 0 Å². The summed E-state index contributed by atoms with van der Waals surface area (Å²) < 4.78 is 37.4. The Bertz CT molecular complexity index is 284. The molecule has 1 heterocycles. The van der Waals surface area contributed by atoms with E-state index in [1.54, 1.807) is 0 Å². The van der Waals surface area contributed by atoms with Gasteiger partial charge in [0.15, 0.2) is 0 Å². The summed E-state index contributed by atoms with van der Waals surface area (Å²) in [6.45, 7) is 0.277. The first-order chi connectivity index (χ1) is 8.00. The van der Waals surface area contributed by atoms with Gasteiger partial charge >= 0.3 is 12.1 Å². The zero-order valence-corrected chi connectivity index (χ0v) is 9.80. The third-order valence-electron chi connectivity index (χ3n) is 4.00. The van der Waals surface area contributed by atoms with E-state index in [-0.39, 0.29) is 18.5 Å². The Labute approximate surface area is 99.2 Å². The van der Waals surface area contributed by atoms with E-state index in [4.69, 9.17) is 0 Å². The molecular weight excluding hydrogens is 231 g/mol. The minimum absolute atomic E-state index is 0.163. The summed E-state index contributed by atoms with van der Waals surface area (Å²) in [6, 6.07) is -0.163. The molecule has 1 amide bonds. The van der Waals surface area contributed by atoms with Crippen LogP contribution in [0.15, 0.2) is 0 Å². The number of nitrogens with zero attached hydrogens (tertiary/aromatic N) is 1. The smallest absolute Gasteiger partial charge is 0.332 e. The third-order valence-corrected chi connectivity index (χ3v) is 4.00.